The summed E-state index contributed by atoms with van der Waals surface area (Å²) >= 11 is 1.43. The minimum atomic E-state index is -0.888. The van der Waals surface area contributed by atoms with Crippen LogP contribution in [0.5, 0.6) is 0 Å². The summed E-state index contributed by atoms with van der Waals surface area (Å²) in [6.07, 6.45) is 4.87. The zero-order valence-electron chi connectivity index (χ0n) is 7.12. The van der Waals surface area contributed by atoms with Crippen molar-refractivity contribution in [1.82, 2.24) is 14.5 Å². The van der Waals surface area contributed by atoms with Crippen LogP contribution >= 0.6 is 11.3 Å². The van der Waals surface area contributed by atoms with Gasteiger partial charge in [0.05, 0.1) is 0 Å². The third-order valence-corrected chi connectivity index (χ3v) is 2.41. The molecule has 0 bridgehead atoms. The van der Waals surface area contributed by atoms with E-state index in [-0.39, 0.29) is 6.54 Å². The highest BCUT2D eigenvalue weighted by atomic mass is 32.1. The Balaban J connectivity index is 2.35. The van der Waals surface area contributed by atoms with Crippen LogP contribution < -0.4 is 0 Å². The number of carboxylic acids is 1. The average molecular weight is 209 g/mol. The summed E-state index contributed by atoms with van der Waals surface area (Å²) in [5, 5.41) is 11.2. The summed E-state index contributed by atoms with van der Waals surface area (Å²) in [6.45, 7) is -0.0884. The maximum absolute atomic E-state index is 10.5. The lowest BCUT2D eigenvalue weighted by Crippen LogP contribution is -2.08. The first-order valence-corrected chi connectivity index (χ1v) is 4.78. The smallest absolute Gasteiger partial charge is 0.323 e. The second kappa shape index (κ2) is 3.59. The molecular formula is C8H7N3O2S. The number of aromatic nitrogens is 3. The molecule has 14 heavy (non-hydrogen) atoms. The quantitative estimate of drug-likeness (QED) is 0.821. The van der Waals surface area contributed by atoms with E-state index >= 15 is 0 Å². The van der Waals surface area contributed by atoms with Crippen LogP contribution in [0, 0.1) is 0 Å². The highest BCUT2D eigenvalue weighted by Crippen LogP contribution is 2.19. The largest absolute Gasteiger partial charge is 0.480 e. The van der Waals surface area contributed by atoms with Gasteiger partial charge in [-0.25, -0.2) is 9.97 Å². The van der Waals surface area contributed by atoms with E-state index in [1.807, 2.05) is 5.38 Å². The van der Waals surface area contributed by atoms with Crippen LogP contribution in [-0.4, -0.2) is 25.6 Å². The third kappa shape index (κ3) is 1.64. The minimum absolute atomic E-state index is 0.0884. The highest BCUT2D eigenvalue weighted by molar-refractivity contribution is 7.13. The molecule has 72 valence electrons. The number of hydrogen-bond donors (Lipinski definition) is 1. The standard InChI is InChI=1S/C8H7N3O2S/c12-6(13)5-11-3-1-9-7(11)8-10-2-4-14-8/h1-4H,5H2,(H,12,13). The predicted molar refractivity (Wildman–Crippen MR) is 51.0 cm³/mol. The average Bonchev–Trinajstić information content (AvgIpc) is 2.70. The van der Waals surface area contributed by atoms with Crippen LogP contribution in [-0.2, 0) is 11.3 Å². The van der Waals surface area contributed by atoms with Gasteiger partial charge < -0.3 is 9.67 Å². The number of carbonyl (C=O) groups is 1. The van der Waals surface area contributed by atoms with Gasteiger partial charge in [0.15, 0.2) is 10.8 Å². The summed E-state index contributed by atoms with van der Waals surface area (Å²) < 4.78 is 1.56. The molecule has 0 saturated heterocycles. The number of hydrogen-bond acceptors (Lipinski definition) is 4. The minimum Gasteiger partial charge on any atom is -0.480 e. The first-order valence-electron chi connectivity index (χ1n) is 3.90. The van der Waals surface area contributed by atoms with Crippen molar-refractivity contribution in [3.63, 3.8) is 0 Å². The van der Waals surface area contributed by atoms with Crippen LogP contribution in [0.2, 0.25) is 0 Å². The van der Waals surface area contributed by atoms with Crippen LogP contribution in [0.4, 0.5) is 0 Å². The molecule has 2 heterocycles. The predicted octanol–water partition coefficient (Wildman–Crippen LogP) is 1.09. The Labute approximate surface area is 83.7 Å². The fraction of sp³-hybridized carbons (Fsp3) is 0.125. The van der Waals surface area contributed by atoms with Gasteiger partial charge >= 0.3 is 5.97 Å². The normalized spacial score (nSPS) is 10.3. The van der Waals surface area contributed by atoms with Crippen molar-refractivity contribution in [2.24, 2.45) is 0 Å². The summed E-state index contributed by atoms with van der Waals surface area (Å²) in [5.74, 6) is -0.289. The summed E-state index contributed by atoms with van der Waals surface area (Å²) in [7, 11) is 0. The zero-order valence-corrected chi connectivity index (χ0v) is 7.94. The van der Waals surface area contributed by atoms with E-state index in [1.54, 1.807) is 23.2 Å². The Kier molecular flexibility index (Phi) is 2.28. The molecule has 0 spiro atoms. The molecule has 1 N–H and O–H groups in total. The Hall–Kier alpha value is -1.69. The van der Waals surface area contributed by atoms with Gasteiger partial charge in [0, 0.05) is 24.0 Å². The molecule has 0 saturated carbocycles. The number of aliphatic carboxylic acids is 1. The number of imidazole rings is 1. The lowest BCUT2D eigenvalue weighted by molar-refractivity contribution is -0.137. The monoisotopic (exact) mass is 209 g/mol. The van der Waals surface area contributed by atoms with Gasteiger partial charge in [-0.15, -0.1) is 11.3 Å². The molecular weight excluding hydrogens is 202 g/mol. The molecule has 0 fully saturated rings. The van der Waals surface area contributed by atoms with Gasteiger partial charge in [-0.2, -0.15) is 0 Å². The van der Waals surface area contributed by atoms with Crippen molar-refractivity contribution in [2.45, 2.75) is 6.54 Å². The van der Waals surface area contributed by atoms with Crippen LogP contribution in [0.3, 0.4) is 0 Å². The van der Waals surface area contributed by atoms with E-state index in [0.717, 1.165) is 5.01 Å². The molecule has 6 heteroatoms. The topological polar surface area (TPSA) is 68.0 Å². The van der Waals surface area contributed by atoms with Crippen molar-refractivity contribution in [3.05, 3.63) is 24.0 Å². The lowest BCUT2D eigenvalue weighted by atomic mass is 10.5. The SMILES string of the molecule is O=C(O)Cn1ccnc1-c1nccs1. The first-order chi connectivity index (χ1) is 6.77. The summed E-state index contributed by atoms with van der Waals surface area (Å²) in [4.78, 5) is 18.7. The molecule has 0 amide bonds. The molecule has 0 aliphatic heterocycles. The van der Waals surface area contributed by atoms with E-state index in [0.29, 0.717) is 5.82 Å². The molecule has 2 aromatic rings. The van der Waals surface area contributed by atoms with Crippen molar-refractivity contribution >= 4 is 17.3 Å². The Morgan fingerprint density at radius 2 is 2.36 bits per heavy atom. The Morgan fingerprint density at radius 3 is 3.00 bits per heavy atom. The van der Waals surface area contributed by atoms with Gasteiger partial charge in [-0.05, 0) is 0 Å². The Bertz CT molecular complexity index is 435. The number of thiazole rings is 1. The maximum atomic E-state index is 10.5. The molecule has 0 atom stereocenters. The summed E-state index contributed by atoms with van der Waals surface area (Å²) in [5.41, 5.74) is 0. The Morgan fingerprint density at radius 1 is 1.50 bits per heavy atom. The number of carboxylic acid groups (broad SMARTS) is 1. The molecule has 5 nitrogen and oxygen atoms in total. The van der Waals surface area contributed by atoms with Crippen LogP contribution in [0.1, 0.15) is 0 Å². The molecule has 0 aliphatic carbocycles. The number of nitrogens with zero attached hydrogens (tertiary/aromatic N) is 3. The fourth-order valence-electron chi connectivity index (χ4n) is 1.11. The molecule has 0 unspecified atom stereocenters. The highest BCUT2D eigenvalue weighted by Gasteiger charge is 2.09. The first kappa shape index (κ1) is 8.89. The van der Waals surface area contributed by atoms with Gasteiger partial charge in [-0.1, -0.05) is 0 Å². The van der Waals surface area contributed by atoms with Crippen molar-refractivity contribution in [3.8, 4) is 10.8 Å². The van der Waals surface area contributed by atoms with Crippen molar-refractivity contribution in [1.29, 1.82) is 0 Å². The van der Waals surface area contributed by atoms with E-state index in [9.17, 15) is 4.79 Å². The lowest BCUT2D eigenvalue weighted by Gasteiger charge is -2.00. The van der Waals surface area contributed by atoms with Crippen molar-refractivity contribution in [2.75, 3.05) is 0 Å². The van der Waals surface area contributed by atoms with Crippen molar-refractivity contribution < 1.29 is 9.90 Å². The maximum Gasteiger partial charge on any atom is 0.323 e. The third-order valence-electron chi connectivity index (χ3n) is 1.64. The molecule has 2 rings (SSSR count). The number of rotatable bonds is 3. The van der Waals surface area contributed by atoms with Crippen LogP contribution in [0.15, 0.2) is 24.0 Å². The van der Waals surface area contributed by atoms with Gasteiger partial charge in [0.25, 0.3) is 0 Å². The molecule has 0 radical (unpaired) electrons. The second-order valence-corrected chi connectivity index (χ2v) is 3.50. The zero-order chi connectivity index (χ0) is 9.97. The summed E-state index contributed by atoms with van der Waals surface area (Å²) in [6, 6.07) is 0. The van der Waals surface area contributed by atoms with E-state index in [2.05, 4.69) is 9.97 Å². The van der Waals surface area contributed by atoms with Gasteiger partial charge in [0.1, 0.15) is 6.54 Å². The molecule has 2 aromatic heterocycles. The van der Waals surface area contributed by atoms with E-state index < -0.39 is 5.97 Å². The van der Waals surface area contributed by atoms with Gasteiger partial charge in [-0.3, -0.25) is 4.79 Å². The van der Waals surface area contributed by atoms with E-state index in [1.165, 1.54) is 11.3 Å². The van der Waals surface area contributed by atoms with Crippen LogP contribution in [0.25, 0.3) is 10.8 Å². The van der Waals surface area contributed by atoms with Gasteiger partial charge in [0.2, 0.25) is 0 Å². The molecule has 0 aliphatic rings. The fourth-order valence-corrected chi connectivity index (χ4v) is 1.76. The molecule has 0 aromatic carbocycles. The van der Waals surface area contributed by atoms with E-state index in [4.69, 9.17) is 5.11 Å². The second-order valence-electron chi connectivity index (χ2n) is 2.61.